The number of halogens is 1. The Morgan fingerprint density at radius 3 is 2.84 bits per heavy atom. The summed E-state index contributed by atoms with van der Waals surface area (Å²) in [6.07, 6.45) is 1.55. The van der Waals surface area contributed by atoms with Crippen molar-refractivity contribution in [1.82, 2.24) is 0 Å². The zero-order chi connectivity index (χ0) is 14.0. The summed E-state index contributed by atoms with van der Waals surface area (Å²) in [5, 5.41) is 19.5. The Morgan fingerprint density at radius 1 is 1.47 bits per heavy atom. The molecule has 0 radical (unpaired) electrons. The van der Waals surface area contributed by atoms with E-state index in [1.807, 2.05) is 0 Å². The lowest BCUT2D eigenvalue weighted by Crippen LogP contribution is -2.29. The third kappa shape index (κ3) is 3.53. The van der Waals surface area contributed by atoms with E-state index in [1.165, 1.54) is 30.4 Å². The van der Waals surface area contributed by atoms with Crippen LogP contribution in [0.5, 0.6) is 5.75 Å². The van der Waals surface area contributed by atoms with Gasteiger partial charge in [-0.25, -0.2) is 4.39 Å². The molecule has 2 N–H and O–H groups in total. The maximum atomic E-state index is 13.0. The minimum absolute atomic E-state index is 0.0474. The van der Waals surface area contributed by atoms with Crippen LogP contribution < -0.4 is 0 Å². The molecule has 104 valence electrons. The normalized spacial score (nSPS) is 23.9. The fraction of sp³-hybridized carbons (Fsp3) is 0.429. The predicted octanol–water partition coefficient (Wildman–Crippen LogP) is 2.06. The summed E-state index contributed by atoms with van der Waals surface area (Å²) in [7, 11) is 0. The molecule has 0 aliphatic carbocycles. The van der Waals surface area contributed by atoms with Crippen LogP contribution >= 0.6 is 0 Å². The third-order valence-electron chi connectivity index (χ3n) is 2.87. The molecule has 2 rings (SSSR count). The van der Waals surface area contributed by atoms with E-state index >= 15 is 0 Å². The molecule has 1 saturated heterocycles. The van der Waals surface area contributed by atoms with Crippen molar-refractivity contribution in [3.63, 3.8) is 0 Å². The highest BCUT2D eigenvalue weighted by Crippen LogP contribution is 2.25. The summed E-state index contributed by atoms with van der Waals surface area (Å²) in [5.74, 6) is -1.21. The molecule has 0 bridgehead atoms. The lowest BCUT2D eigenvalue weighted by molar-refractivity contribution is -0.147. The standard InChI is InChI=1S/C14H17FO4/c1-14(2)18-8-13(19-14)12(17)5-3-9-7-10(15)4-6-11(9)16/h3-7,12-13,16-17H,8H2,1-2H3/t12?,13-/m0/s1. The number of phenolic OH excluding ortho intramolecular Hbond substituents is 1. The second-order valence-corrected chi connectivity index (χ2v) is 4.92. The molecule has 0 amide bonds. The van der Waals surface area contributed by atoms with E-state index in [1.54, 1.807) is 13.8 Å². The van der Waals surface area contributed by atoms with E-state index in [4.69, 9.17) is 9.47 Å². The number of rotatable bonds is 3. The number of hydrogen-bond acceptors (Lipinski definition) is 4. The molecule has 1 aliphatic heterocycles. The second kappa shape index (κ2) is 5.28. The van der Waals surface area contributed by atoms with Gasteiger partial charge in [-0.3, -0.25) is 0 Å². The van der Waals surface area contributed by atoms with Crippen molar-refractivity contribution >= 4 is 6.08 Å². The van der Waals surface area contributed by atoms with Gasteiger partial charge in [-0.05, 0) is 32.0 Å². The first-order valence-corrected chi connectivity index (χ1v) is 6.04. The Morgan fingerprint density at radius 2 is 2.21 bits per heavy atom. The first kappa shape index (κ1) is 14.0. The maximum Gasteiger partial charge on any atom is 0.163 e. The summed E-state index contributed by atoms with van der Waals surface area (Å²) in [6, 6.07) is 3.62. The van der Waals surface area contributed by atoms with Crippen LogP contribution in [0.4, 0.5) is 4.39 Å². The number of aromatic hydroxyl groups is 1. The summed E-state index contributed by atoms with van der Waals surface area (Å²) < 4.78 is 23.9. The third-order valence-corrected chi connectivity index (χ3v) is 2.87. The minimum Gasteiger partial charge on any atom is -0.507 e. The van der Waals surface area contributed by atoms with E-state index in [9.17, 15) is 14.6 Å². The van der Waals surface area contributed by atoms with Crippen LogP contribution in [0.3, 0.4) is 0 Å². The van der Waals surface area contributed by atoms with E-state index in [0.29, 0.717) is 5.56 Å². The van der Waals surface area contributed by atoms with E-state index < -0.39 is 23.8 Å². The number of phenols is 1. The van der Waals surface area contributed by atoms with Crippen molar-refractivity contribution < 1.29 is 24.1 Å². The first-order chi connectivity index (χ1) is 8.87. The van der Waals surface area contributed by atoms with E-state index in [-0.39, 0.29) is 12.4 Å². The van der Waals surface area contributed by atoms with E-state index in [0.717, 1.165) is 0 Å². The molecule has 1 heterocycles. The molecule has 1 unspecified atom stereocenters. The van der Waals surface area contributed by atoms with Crippen LogP contribution in [0, 0.1) is 5.82 Å². The molecule has 4 nitrogen and oxygen atoms in total. The molecule has 2 atom stereocenters. The molecule has 0 spiro atoms. The molecule has 1 fully saturated rings. The average Bonchev–Trinajstić information content (AvgIpc) is 2.70. The summed E-state index contributed by atoms with van der Waals surface area (Å²) >= 11 is 0. The highest BCUT2D eigenvalue weighted by Gasteiger charge is 2.35. The number of aliphatic hydroxyl groups is 1. The monoisotopic (exact) mass is 268 g/mol. The summed E-state index contributed by atoms with van der Waals surface area (Å²) in [6.45, 7) is 3.82. The van der Waals surface area contributed by atoms with Gasteiger partial charge in [-0.15, -0.1) is 0 Å². The van der Waals surface area contributed by atoms with Crippen LogP contribution in [0.15, 0.2) is 24.3 Å². The lowest BCUT2D eigenvalue weighted by Gasteiger charge is -2.18. The van der Waals surface area contributed by atoms with Crippen molar-refractivity contribution in [1.29, 1.82) is 0 Å². The Hall–Kier alpha value is -1.43. The second-order valence-electron chi connectivity index (χ2n) is 4.92. The van der Waals surface area contributed by atoms with Gasteiger partial charge < -0.3 is 19.7 Å². The van der Waals surface area contributed by atoms with Gasteiger partial charge in [0.05, 0.1) is 6.61 Å². The Bertz CT molecular complexity index is 484. The van der Waals surface area contributed by atoms with Crippen LogP contribution in [0.1, 0.15) is 19.4 Å². The molecule has 5 heteroatoms. The number of aliphatic hydroxyl groups excluding tert-OH is 1. The molecule has 1 aromatic rings. The minimum atomic E-state index is -0.885. The Kier molecular flexibility index (Phi) is 3.89. The fourth-order valence-corrected chi connectivity index (χ4v) is 1.87. The summed E-state index contributed by atoms with van der Waals surface area (Å²) in [4.78, 5) is 0. The maximum absolute atomic E-state index is 13.0. The van der Waals surface area contributed by atoms with Gasteiger partial charge in [0.25, 0.3) is 0 Å². The molecular formula is C14H17FO4. The van der Waals surface area contributed by atoms with Gasteiger partial charge in [-0.1, -0.05) is 12.2 Å². The highest BCUT2D eigenvalue weighted by molar-refractivity contribution is 5.57. The molecule has 19 heavy (non-hydrogen) atoms. The Labute approximate surface area is 111 Å². The molecule has 0 aromatic heterocycles. The van der Waals surface area contributed by atoms with Gasteiger partial charge in [0.1, 0.15) is 23.8 Å². The van der Waals surface area contributed by atoms with Gasteiger partial charge in [0.15, 0.2) is 5.79 Å². The van der Waals surface area contributed by atoms with Gasteiger partial charge in [-0.2, -0.15) is 0 Å². The van der Waals surface area contributed by atoms with Crippen LogP contribution in [-0.4, -0.2) is 34.8 Å². The van der Waals surface area contributed by atoms with Gasteiger partial charge in [0, 0.05) is 5.56 Å². The average molecular weight is 268 g/mol. The predicted molar refractivity (Wildman–Crippen MR) is 68.0 cm³/mol. The van der Waals surface area contributed by atoms with Crippen molar-refractivity contribution in [3.8, 4) is 5.75 Å². The van der Waals surface area contributed by atoms with Crippen molar-refractivity contribution in [3.05, 3.63) is 35.7 Å². The van der Waals surface area contributed by atoms with Crippen LogP contribution in [0.25, 0.3) is 6.08 Å². The van der Waals surface area contributed by atoms with E-state index in [2.05, 4.69) is 0 Å². The topological polar surface area (TPSA) is 58.9 Å². The zero-order valence-corrected chi connectivity index (χ0v) is 10.8. The number of hydrogen-bond donors (Lipinski definition) is 2. The van der Waals surface area contributed by atoms with Crippen LogP contribution in [0.2, 0.25) is 0 Å². The number of benzene rings is 1. The van der Waals surface area contributed by atoms with Crippen molar-refractivity contribution in [2.45, 2.75) is 31.8 Å². The zero-order valence-electron chi connectivity index (χ0n) is 10.8. The Balaban J connectivity index is 2.04. The molecule has 0 saturated carbocycles. The largest absolute Gasteiger partial charge is 0.507 e. The highest BCUT2D eigenvalue weighted by atomic mass is 19.1. The first-order valence-electron chi connectivity index (χ1n) is 6.04. The lowest BCUT2D eigenvalue weighted by atomic mass is 10.1. The van der Waals surface area contributed by atoms with Gasteiger partial charge in [0.2, 0.25) is 0 Å². The molecule has 1 aromatic carbocycles. The smallest absolute Gasteiger partial charge is 0.163 e. The molecular weight excluding hydrogens is 251 g/mol. The number of ether oxygens (including phenoxy) is 2. The van der Waals surface area contributed by atoms with Crippen LogP contribution in [-0.2, 0) is 9.47 Å². The van der Waals surface area contributed by atoms with Crippen molar-refractivity contribution in [2.24, 2.45) is 0 Å². The summed E-state index contributed by atoms with van der Waals surface area (Å²) in [5.41, 5.74) is 0.303. The van der Waals surface area contributed by atoms with Gasteiger partial charge >= 0.3 is 0 Å². The van der Waals surface area contributed by atoms with Crippen molar-refractivity contribution in [2.75, 3.05) is 6.61 Å². The SMILES string of the molecule is CC1(C)OC[C@@H](C(O)C=Cc2cc(F)ccc2O)O1. The quantitative estimate of drug-likeness (QED) is 0.881. The fourth-order valence-electron chi connectivity index (χ4n) is 1.87. The molecule has 1 aliphatic rings.